The number of halogens is 5. The SMILES string of the molecule is Fc1cc(NCc2cc(Cl)ccc2Cl)cc(F)c1F. The predicted molar refractivity (Wildman–Crippen MR) is 70.1 cm³/mol. The molecule has 0 amide bonds. The van der Waals surface area contributed by atoms with Crippen LogP contribution < -0.4 is 5.32 Å². The van der Waals surface area contributed by atoms with Crippen LogP contribution in [0.15, 0.2) is 30.3 Å². The van der Waals surface area contributed by atoms with Gasteiger partial charge in [-0.05, 0) is 23.8 Å². The molecule has 100 valence electrons. The van der Waals surface area contributed by atoms with Crippen LogP contribution in [-0.2, 0) is 6.54 Å². The molecule has 0 spiro atoms. The molecule has 0 bridgehead atoms. The zero-order chi connectivity index (χ0) is 14.0. The van der Waals surface area contributed by atoms with Gasteiger partial charge >= 0.3 is 0 Å². The lowest BCUT2D eigenvalue weighted by molar-refractivity contribution is 0.447. The Hall–Kier alpha value is -1.39. The molecule has 0 fully saturated rings. The van der Waals surface area contributed by atoms with Gasteiger partial charge in [0.25, 0.3) is 0 Å². The summed E-state index contributed by atoms with van der Waals surface area (Å²) in [6.07, 6.45) is 0. The predicted octanol–water partition coefficient (Wildman–Crippen LogP) is 5.02. The molecule has 6 heteroatoms. The fourth-order valence-electron chi connectivity index (χ4n) is 1.53. The smallest absolute Gasteiger partial charge is 0.194 e. The summed E-state index contributed by atoms with van der Waals surface area (Å²) in [5, 5.41) is 3.72. The molecule has 0 heterocycles. The standard InChI is InChI=1S/C13H8Cl2F3N/c14-8-1-2-10(15)7(3-8)6-19-9-4-11(16)13(18)12(17)5-9/h1-5,19H,6H2. The average Bonchev–Trinajstić information content (AvgIpc) is 2.37. The molecule has 1 nitrogen and oxygen atoms in total. The minimum atomic E-state index is -1.49. The van der Waals surface area contributed by atoms with Crippen molar-refractivity contribution in [1.82, 2.24) is 0 Å². The highest BCUT2D eigenvalue weighted by molar-refractivity contribution is 6.33. The van der Waals surface area contributed by atoms with E-state index in [1.165, 1.54) is 0 Å². The van der Waals surface area contributed by atoms with Crippen LogP contribution in [0.3, 0.4) is 0 Å². The number of hydrogen-bond donors (Lipinski definition) is 1. The first kappa shape index (κ1) is 14.0. The number of hydrogen-bond acceptors (Lipinski definition) is 1. The van der Waals surface area contributed by atoms with Crippen LogP contribution in [-0.4, -0.2) is 0 Å². The molecule has 2 aromatic carbocycles. The second-order valence-electron chi connectivity index (χ2n) is 3.84. The Morgan fingerprint density at radius 3 is 2.21 bits per heavy atom. The maximum atomic E-state index is 13.0. The van der Waals surface area contributed by atoms with Gasteiger partial charge in [0, 0.05) is 34.4 Å². The molecule has 19 heavy (non-hydrogen) atoms. The van der Waals surface area contributed by atoms with E-state index >= 15 is 0 Å². The molecule has 0 saturated heterocycles. The van der Waals surface area contributed by atoms with Crippen molar-refractivity contribution in [3.8, 4) is 0 Å². The second kappa shape index (κ2) is 5.72. The number of rotatable bonds is 3. The van der Waals surface area contributed by atoms with Gasteiger partial charge in [0.2, 0.25) is 0 Å². The van der Waals surface area contributed by atoms with E-state index in [1.54, 1.807) is 18.2 Å². The monoisotopic (exact) mass is 305 g/mol. The Balaban J connectivity index is 2.17. The third-order valence-electron chi connectivity index (χ3n) is 2.47. The van der Waals surface area contributed by atoms with Gasteiger partial charge in [-0.25, -0.2) is 13.2 Å². The van der Waals surface area contributed by atoms with Crippen molar-refractivity contribution in [3.63, 3.8) is 0 Å². The van der Waals surface area contributed by atoms with E-state index in [0.717, 1.165) is 12.1 Å². The Morgan fingerprint density at radius 2 is 1.58 bits per heavy atom. The van der Waals surface area contributed by atoms with Gasteiger partial charge in [0.15, 0.2) is 17.5 Å². The van der Waals surface area contributed by atoms with Crippen LogP contribution in [0.1, 0.15) is 5.56 Å². The fraction of sp³-hybridized carbons (Fsp3) is 0.0769. The average molecular weight is 306 g/mol. The molecule has 0 unspecified atom stereocenters. The van der Waals surface area contributed by atoms with Crippen LogP contribution in [0.4, 0.5) is 18.9 Å². The van der Waals surface area contributed by atoms with E-state index in [2.05, 4.69) is 5.32 Å². The second-order valence-corrected chi connectivity index (χ2v) is 4.69. The zero-order valence-corrected chi connectivity index (χ0v) is 11.0. The van der Waals surface area contributed by atoms with Gasteiger partial charge in [-0.15, -0.1) is 0 Å². The summed E-state index contributed by atoms with van der Waals surface area (Å²) in [5.74, 6) is -3.99. The fourth-order valence-corrected chi connectivity index (χ4v) is 1.91. The highest BCUT2D eigenvalue weighted by Crippen LogP contribution is 2.23. The largest absolute Gasteiger partial charge is 0.381 e. The maximum Gasteiger partial charge on any atom is 0.194 e. The first-order chi connectivity index (χ1) is 8.97. The van der Waals surface area contributed by atoms with E-state index in [0.29, 0.717) is 15.6 Å². The Labute approximate surface area is 118 Å². The van der Waals surface area contributed by atoms with Crippen molar-refractivity contribution >= 4 is 28.9 Å². The summed E-state index contributed by atoms with van der Waals surface area (Å²) in [7, 11) is 0. The van der Waals surface area contributed by atoms with Gasteiger partial charge in [0.05, 0.1) is 0 Å². The molecular formula is C13H8Cl2F3N. The lowest BCUT2D eigenvalue weighted by Crippen LogP contribution is -2.02. The molecule has 2 rings (SSSR count). The van der Waals surface area contributed by atoms with Crippen molar-refractivity contribution in [2.45, 2.75) is 6.54 Å². The van der Waals surface area contributed by atoms with Crippen LogP contribution in [0.2, 0.25) is 10.0 Å². The van der Waals surface area contributed by atoms with Gasteiger partial charge < -0.3 is 5.32 Å². The molecular weight excluding hydrogens is 298 g/mol. The van der Waals surface area contributed by atoms with Crippen molar-refractivity contribution in [2.24, 2.45) is 0 Å². The summed E-state index contributed by atoms with van der Waals surface area (Å²) in [6, 6.07) is 6.62. The number of nitrogens with one attached hydrogen (secondary N) is 1. The minimum absolute atomic E-state index is 0.118. The normalized spacial score (nSPS) is 10.6. The molecule has 0 radical (unpaired) electrons. The lowest BCUT2D eigenvalue weighted by Gasteiger charge is -2.09. The van der Waals surface area contributed by atoms with E-state index in [1.807, 2.05) is 0 Å². The summed E-state index contributed by atoms with van der Waals surface area (Å²) in [6.45, 7) is 0.212. The summed E-state index contributed by atoms with van der Waals surface area (Å²) in [4.78, 5) is 0. The number of benzene rings is 2. The number of anilines is 1. The van der Waals surface area contributed by atoms with Crippen LogP contribution in [0.25, 0.3) is 0 Å². The topological polar surface area (TPSA) is 12.0 Å². The van der Waals surface area contributed by atoms with Crippen LogP contribution in [0, 0.1) is 17.5 Å². The Kier molecular flexibility index (Phi) is 4.22. The molecule has 1 N–H and O–H groups in total. The minimum Gasteiger partial charge on any atom is -0.381 e. The molecule has 0 aliphatic carbocycles. The summed E-state index contributed by atoms with van der Waals surface area (Å²) >= 11 is 11.8. The summed E-state index contributed by atoms with van der Waals surface area (Å²) < 4.78 is 38.8. The van der Waals surface area contributed by atoms with Gasteiger partial charge in [-0.3, -0.25) is 0 Å². The van der Waals surface area contributed by atoms with E-state index in [-0.39, 0.29) is 12.2 Å². The van der Waals surface area contributed by atoms with Gasteiger partial charge in [-0.2, -0.15) is 0 Å². The maximum absolute atomic E-state index is 13.0. The van der Waals surface area contributed by atoms with E-state index in [9.17, 15) is 13.2 Å². The molecule has 0 aliphatic heterocycles. The van der Waals surface area contributed by atoms with Crippen molar-refractivity contribution in [2.75, 3.05) is 5.32 Å². The van der Waals surface area contributed by atoms with Crippen molar-refractivity contribution in [1.29, 1.82) is 0 Å². The molecule has 0 saturated carbocycles. The van der Waals surface area contributed by atoms with Crippen molar-refractivity contribution in [3.05, 3.63) is 63.4 Å². The highest BCUT2D eigenvalue weighted by Gasteiger charge is 2.10. The first-order valence-corrected chi connectivity index (χ1v) is 6.05. The van der Waals surface area contributed by atoms with Crippen LogP contribution >= 0.6 is 23.2 Å². The Morgan fingerprint density at radius 1 is 0.947 bits per heavy atom. The van der Waals surface area contributed by atoms with E-state index < -0.39 is 17.5 Å². The van der Waals surface area contributed by atoms with Crippen molar-refractivity contribution < 1.29 is 13.2 Å². The lowest BCUT2D eigenvalue weighted by atomic mass is 10.2. The summed E-state index contributed by atoms with van der Waals surface area (Å²) in [5.41, 5.74) is 0.784. The zero-order valence-electron chi connectivity index (χ0n) is 9.48. The van der Waals surface area contributed by atoms with Gasteiger partial charge in [0.1, 0.15) is 0 Å². The molecule has 0 aliphatic rings. The van der Waals surface area contributed by atoms with Crippen LogP contribution in [0.5, 0.6) is 0 Å². The van der Waals surface area contributed by atoms with E-state index in [4.69, 9.17) is 23.2 Å². The Bertz CT molecular complexity index is 594. The molecule has 2 aromatic rings. The van der Waals surface area contributed by atoms with Gasteiger partial charge in [-0.1, -0.05) is 23.2 Å². The first-order valence-electron chi connectivity index (χ1n) is 5.29. The molecule has 0 atom stereocenters. The highest BCUT2D eigenvalue weighted by atomic mass is 35.5. The third kappa shape index (κ3) is 3.33. The molecule has 0 aromatic heterocycles. The quantitative estimate of drug-likeness (QED) is 0.785. The third-order valence-corrected chi connectivity index (χ3v) is 3.08.